The van der Waals surface area contributed by atoms with Crippen LogP contribution in [0, 0.1) is 0 Å². The molecule has 19 rings (SSSR count). The minimum Gasteiger partial charge on any atom is -0.456 e. The Bertz CT molecular complexity index is 5530. The van der Waals surface area contributed by atoms with E-state index in [1.165, 1.54) is 0 Å². The number of furan rings is 5. The largest absolute Gasteiger partial charge is 0.456 e. The molecule has 366 valence electrons. The molecule has 0 aliphatic carbocycles. The fourth-order valence-corrected chi connectivity index (χ4v) is 13.3. The van der Waals surface area contributed by atoms with Gasteiger partial charge in [-0.25, -0.2) is 0 Å². The van der Waals surface area contributed by atoms with Crippen molar-refractivity contribution in [1.29, 1.82) is 0 Å². The number of nitrogens with zero attached hydrogens (tertiary/aromatic N) is 2. The van der Waals surface area contributed by atoms with E-state index in [9.17, 15) is 0 Å². The van der Waals surface area contributed by atoms with E-state index in [0.29, 0.717) is 0 Å². The molecule has 0 aliphatic heterocycles. The summed E-state index contributed by atoms with van der Waals surface area (Å²) in [5, 5.41) is 15.1. The maximum absolute atomic E-state index is 7.63. The van der Waals surface area contributed by atoms with Crippen molar-refractivity contribution in [2.24, 2.45) is 0 Å². The highest BCUT2D eigenvalue weighted by molar-refractivity contribution is 6.30. The Kier molecular flexibility index (Phi) is 7.88. The van der Waals surface area contributed by atoms with E-state index in [-0.39, 0.29) is 0 Å². The zero-order valence-electron chi connectivity index (χ0n) is 41.9. The molecule has 7 heteroatoms. The third kappa shape index (κ3) is 5.64. The molecule has 0 atom stereocenters. The topological polar surface area (TPSA) is 75.6 Å². The van der Waals surface area contributed by atoms with Crippen molar-refractivity contribution in [3.05, 3.63) is 231 Å². The summed E-state index contributed by atoms with van der Waals surface area (Å²) in [5.41, 5.74) is 19.4. The molecule has 0 N–H and O–H groups in total. The number of para-hydroxylation sites is 4. The Balaban J connectivity index is 0.899. The van der Waals surface area contributed by atoms with Gasteiger partial charge in [-0.15, -0.1) is 0 Å². The summed E-state index contributed by atoms with van der Waals surface area (Å²) < 4.78 is 37.7. The Labute approximate surface area is 446 Å². The van der Waals surface area contributed by atoms with E-state index in [4.69, 9.17) is 22.1 Å². The minimum absolute atomic E-state index is 0.840. The van der Waals surface area contributed by atoms with Crippen LogP contribution in [-0.4, -0.2) is 9.13 Å². The Morgan fingerprint density at radius 1 is 0.203 bits per heavy atom. The van der Waals surface area contributed by atoms with Gasteiger partial charge in [0.15, 0.2) is 0 Å². The van der Waals surface area contributed by atoms with Crippen molar-refractivity contribution in [1.82, 2.24) is 9.13 Å². The minimum atomic E-state index is 0.840. The Morgan fingerprint density at radius 2 is 0.506 bits per heavy atom. The lowest BCUT2D eigenvalue weighted by Crippen LogP contribution is -1.93. The van der Waals surface area contributed by atoms with Gasteiger partial charge in [-0.05, 0) is 156 Å². The molecule has 12 aromatic carbocycles. The van der Waals surface area contributed by atoms with E-state index < -0.39 is 0 Å². The second-order valence-corrected chi connectivity index (χ2v) is 21.1. The standard InChI is InChI=1S/C72H38N2O5/c1-5-13-61-45(9-1)51-33-41(19-29-65(51)75-61)39-17-25-57-55(35-39)69-59(73(57)43-21-31-67-53(37-43)47-11-3-7-15-63(47)77-67)27-23-49-50-24-28-60-70(72(50)79-71(49)69)56-36-40(42-20-30-66-52(34-42)46-10-2-6-14-62(46)76-66)18-26-58(56)74(60)44-22-32-68-54(38-44)48-12-4-8-16-64(48)78-68/h1-38H. The lowest BCUT2D eigenvalue weighted by atomic mass is 9.99. The van der Waals surface area contributed by atoms with Crippen LogP contribution in [0.5, 0.6) is 0 Å². The van der Waals surface area contributed by atoms with Crippen LogP contribution in [0.15, 0.2) is 253 Å². The molecule has 0 saturated heterocycles. The van der Waals surface area contributed by atoms with Gasteiger partial charge in [0.2, 0.25) is 0 Å². The van der Waals surface area contributed by atoms with E-state index in [1.807, 2.05) is 48.5 Å². The second-order valence-electron chi connectivity index (χ2n) is 21.1. The van der Waals surface area contributed by atoms with E-state index in [0.717, 1.165) is 187 Å². The third-order valence-electron chi connectivity index (χ3n) is 16.9. The number of aromatic nitrogens is 2. The quantitative estimate of drug-likeness (QED) is 0.176. The molecule has 0 saturated carbocycles. The molecular weight excluding hydrogens is 973 g/mol. The lowest BCUT2D eigenvalue weighted by Gasteiger charge is -2.09. The van der Waals surface area contributed by atoms with Crippen LogP contribution in [0.4, 0.5) is 0 Å². The van der Waals surface area contributed by atoms with Crippen molar-refractivity contribution in [3.63, 3.8) is 0 Å². The molecule has 79 heavy (non-hydrogen) atoms. The normalized spacial score (nSPS) is 12.6. The van der Waals surface area contributed by atoms with Gasteiger partial charge in [-0.3, -0.25) is 0 Å². The van der Waals surface area contributed by atoms with Crippen molar-refractivity contribution in [3.8, 4) is 33.6 Å². The first kappa shape index (κ1) is 41.5. The van der Waals surface area contributed by atoms with E-state index in [2.05, 4.69) is 191 Å². The zero-order chi connectivity index (χ0) is 51.2. The van der Waals surface area contributed by atoms with Crippen LogP contribution in [0.2, 0.25) is 0 Å². The molecule has 0 amide bonds. The van der Waals surface area contributed by atoms with Gasteiger partial charge in [-0.1, -0.05) is 97.1 Å². The molecule has 0 spiro atoms. The monoisotopic (exact) mass is 1010 g/mol. The molecule has 19 aromatic rings. The van der Waals surface area contributed by atoms with Crippen LogP contribution in [0.1, 0.15) is 0 Å². The van der Waals surface area contributed by atoms with Crippen molar-refractivity contribution in [2.75, 3.05) is 0 Å². The number of rotatable bonds is 4. The van der Waals surface area contributed by atoms with Gasteiger partial charge in [0.25, 0.3) is 0 Å². The molecule has 7 nitrogen and oxygen atoms in total. The fourth-order valence-electron chi connectivity index (χ4n) is 13.3. The summed E-state index contributed by atoms with van der Waals surface area (Å²) in [6, 6.07) is 82.0. The molecular formula is C72H38N2O5. The van der Waals surface area contributed by atoms with Gasteiger partial charge < -0.3 is 31.2 Å². The average molecular weight is 1010 g/mol. The van der Waals surface area contributed by atoms with Crippen molar-refractivity contribution >= 4 is 153 Å². The summed E-state index contributed by atoms with van der Waals surface area (Å²) >= 11 is 0. The first-order valence-corrected chi connectivity index (χ1v) is 26.7. The van der Waals surface area contributed by atoms with Crippen molar-refractivity contribution in [2.45, 2.75) is 0 Å². The van der Waals surface area contributed by atoms with Crippen LogP contribution in [0.3, 0.4) is 0 Å². The molecule has 0 unspecified atom stereocenters. The smallest absolute Gasteiger partial charge is 0.145 e. The maximum atomic E-state index is 7.63. The molecule has 0 bridgehead atoms. The predicted octanol–water partition coefficient (Wildman–Crippen LogP) is 20.7. The number of fused-ring (bicyclic) bond motifs is 23. The van der Waals surface area contributed by atoms with Gasteiger partial charge in [0.1, 0.15) is 55.8 Å². The summed E-state index contributed by atoms with van der Waals surface area (Å²) in [7, 11) is 0. The molecule has 7 heterocycles. The van der Waals surface area contributed by atoms with Gasteiger partial charge in [-0.2, -0.15) is 0 Å². The Hall–Kier alpha value is -10.8. The van der Waals surface area contributed by atoms with Gasteiger partial charge >= 0.3 is 0 Å². The predicted molar refractivity (Wildman–Crippen MR) is 322 cm³/mol. The average Bonchev–Trinajstić information content (AvgIpc) is 4.43. The van der Waals surface area contributed by atoms with Crippen LogP contribution < -0.4 is 0 Å². The van der Waals surface area contributed by atoms with Crippen molar-refractivity contribution < 1.29 is 22.1 Å². The summed E-state index contributed by atoms with van der Waals surface area (Å²) in [6.07, 6.45) is 0. The van der Waals surface area contributed by atoms with Crippen LogP contribution >= 0.6 is 0 Å². The molecule has 7 aromatic heterocycles. The fraction of sp³-hybridized carbons (Fsp3) is 0. The third-order valence-corrected chi connectivity index (χ3v) is 16.9. The highest BCUT2D eigenvalue weighted by atomic mass is 16.3. The first-order valence-electron chi connectivity index (χ1n) is 26.7. The van der Waals surface area contributed by atoms with Gasteiger partial charge in [0.05, 0.1) is 32.8 Å². The van der Waals surface area contributed by atoms with E-state index >= 15 is 0 Å². The maximum Gasteiger partial charge on any atom is 0.145 e. The summed E-state index contributed by atoms with van der Waals surface area (Å²) in [5.74, 6) is 0. The highest BCUT2D eigenvalue weighted by Crippen LogP contribution is 2.48. The molecule has 0 fully saturated rings. The van der Waals surface area contributed by atoms with Gasteiger partial charge in [0, 0.05) is 76.0 Å². The number of benzene rings is 12. The number of hydrogen-bond donors (Lipinski definition) is 0. The summed E-state index contributed by atoms with van der Waals surface area (Å²) in [6.45, 7) is 0. The second kappa shape index (κ2) is 15.0. The van der Waals surface area contributed by atoms with Crippen LogP contribution in [0.25, 0.3) is 187 Å². The SMILES string of the molecule is c1ccc2c(c1)oc1ccc(-c3ccc4c(c3)c3c5oc6c(ccc7c6c6cc(-c8ccc9oc%10ccccc%10c9c8)ccc6n7-c6ccc7oc8ccccc8c7c6)c5ccc3n4-c3ccc4oc5ccccc5c4c3)cc12. The highest BCUT2D eigenvalue weighted by Gasteiger charge is 2.25. The summed E-state index contributed by atoms with van der Waals surface area (Å²) in [4.78, 5) is 0. The van der Waals surface area contributed by atoms with E-state index in [1.54, 1.807) is 0 Å². The lowest BCUT2D eigenvalue weighted by molar-refractivity contribution is 0.668. The molecule has 0 aliphatic rings. The Morgan fingerprint density at radius 3 is 0.899 bits per heavy atom. The first-order chi connectivity index (χ1) is 39.1. The number of hydrogen-bond acceptors (Lipinski definition) is 5. The zero-order valence-corrected chi connectivity index (χ0v) is 41.9. The van der Waals surface area contributed by atoms with Crippen LogP contribution in [-0.2, 0) is 0 Å². The molecule has 0 radical (unpaired) electrons.